The van der Waals surface area contributed by atoms with Gasteiger partial charge in [0.2, 0.25) is 0 Å². The van der Waals surface area contributed by atoms with Gasteiger partial charge in [0, 0.05) is 30.9 Å². The highest BCUT2D eigenvalue weighted by atomic mass is 16.5. The molecule has 2 heterocycles. The largest absolute Gasteiger partial charge is 0.378 e. The van der Waals surface area contributed by atoms with Gasteiger partial charge in [-0.1, -0.05) is 6.07 Å². The van der Waals surface area contributed by atoms with E-state index in [2.05, 4.69) is 11.8 Å². The molecule has 1 N–H and O–H groups in total. The average molecular weight is 262 g/mol. The van der Waals surface area contributed by atoms with Gasteiger partial charge in [-0.05, 0) is 19.1 Å². The number of ether oxygens (including phenoxy) is 1. The molecule has 1 aromatic carbocycles. The third kappa shape index (κ3) is 1.89. The summed E-state index contributed by atoms with van der Waals surface area (Å²) in [6.45, 7) is 4.41. The van der Waals surface area contributed by atoms with Crippen molar-refractivity contribution in [2.75, 3.05) is 36.6 Å². The lowest BCUT2D eigenvalue weighted by atomic mass is 10.1. The number of benzene rings is 1. The highest BCUT2D eigenvalue weighted by molar-refractivity contribution is 6.03. The minimum absolute atomic E-state index is 0.262. The first kappa shape index (κ1) is 12.4. The number of amides is 1. The molecule has 1 fully saturated rings. The highest BCUT2D eigenvalue weighted by Gasteiger charge is 2.34. The van der Waals surface area contributed by atoms with Crippen LogP contribution in [0.25, 0.3) is 0 Å². The quantitative estimate of drug-likeness (QED) is 0.817. The molecule has 5 nitrogen and oxygen atoms in total. The summed E-state index contributed by atoms with van der Waals surface area (Å²) >= 11 is 0. The number of rotatable bonds is 1. The first-order valence-electron chi connectivity index (χ1n) is 6.53. The van der Waals surface area contributed by atoms with E-state index >= 15 is 0 Å². The zero-order valence-corrected chi connectivity index (χ0v) is 11.2. The Labute approximate surface area is 112 Å². The number of hydrogen-bond acceptors (Lipinski definition) is 4. The molecular formula is C14H18N2O3. The number of anilines is 2. The van der Waals surface area contributed by atoms with Gasteiger partial charge in [0.05, 0.1) is 18.9 Å². The van der Waals surface area contributed by atoms with Crippen LogP contribution in [0.5, 0.6) is 0 Å². The van der Waals surface area contributed by atoms with Crippen LogP contribution in [0.15, 0.2) is 18.2 Å². The van der Waals surface area contributed by atoms with Gasteiger partial charge in [0.15, 0.2) is 6.10 Å². The highest BCUT2D eigenvalue weighted by Crippen LogP contribution is 2.37. The smallest absolute Gasteiger partial charge is 0.260 e. The molecule has 1 amide bonds. The van der Waals surface area contributed by atoms with E-state index in [1.807, 2.05) is 18.2 Å². The van der Waals surface area contributed by atoms with E-state index in [-0.39, 0.29) is 5.91 Å². The maximum absolute atomic E-state index is 11.8. The third-order valence-electron chi connectivity index (χ3n) is 3.93. The van der Waals surface area contributed by atoms with Gasteiger partial charge in [-0.2, -0.15) is 0 Å². The molecule has 2 aliphatic heterocycles. The Kier molecular flexibility index (Phi) is 2.95. The predicted octanol–water partition coefficient (Wildman–Crippen LogP) is 0.921. The molecule has 0 radical (unpaired) electrons. The van der Waals surface area contributed by atoms with E-state index in [0.717, 1.165) is 24.5 Å². The number of fused-ring (bicyclic) bond motifs is 1. The van der Waals surface area contributed by atoms with Crippen molar-refractivity contribution >= 4 is 17.3 Å². The Morgan fingerprint density at radius 3 is 2.95 bits per heavy atom. The molecule has 2 aliphatic rings. The summed E-state index contributed by atoms with van der Waals surface area (Å²) in [6.07, 6.45) is -1.02. The SMILES string of the molecule is CC1COCCN1c1ccc2c(c1)N(C)C(=O)C2O. The number of hydrogen-bond donors (Lipinski definition) is 1. The Balaban J connectivity index is 1.96. The number of nitrogens with zero attached hydrogens (tertiary/aromatic N) is 2. The normalized spacial score (nSPS) is 26.8. The van der Waals surface area contributed by atoms with E-state index in [1.165, 1.54) is 4.90 Å². The van der Waals surface area contributed by atoms with Crippen LogP contribution >= 0.6 is 0 Å². The van der Waals surface area contributed by atoms with Crippen molar-refractivity contribution in [2.24, 2.45) is 0 Å². The predicted molar refractivity (Wildman–Crippen MR) is 72.4 cm³/mol. The fourth-order valence-electron chi connectivity index (χ4n) is 2.78. The molecule has 1 saturated heterocycles. The average Bonchev–Trinajstić information content (AvgIpc) is 2.64. The Morgan fingerprint density at radius 2 is 2.21 bits per heavy atom. The topological polar surface area (TPSA) is 53.0 Å². The molecular weight excluding hydrogens is 244 g/mol. The maximum Gasteiger partial charge on any atom is 0.260 e. The lowest BCUT2D eigenvalue weighted by Gasteiger charge is -2.35. The number of aliphatic hydroxyl groups excluding tert-OH is 1. The Bertz CT molecular complexity index is 517. The van der Waals surface area contributed by atoms with Gasteiger partial charge in [0.1, 0.15) is 0 Å². The molecule has 0 aliphatic carbocycles. The molecule has 0 bridgehead atoms. The first-order valence-corrected chi connectivity index (χ1v) is 6.53. The van der Waals surface area contributed by atoms with Crippen molar-refractivity contribution in [3.8, 4) is 0 Å². The molecule has 1 aromatic rings. The molecule has 0 saturated carbocycles. The van der Waals surface area contributed by atoms with E-state index in [9.17, 15) is 9.90 Å². The second-order valence-corrected chi connectivity index (χ2v) is 5.16. The summed E-state index contributed by atoms with van der Waals surface area (Å²) < 4.78 is 5.44. The third-order valence-corrected chi connectivity index (χ3v) is 3.93. The Morgan fingerprint density at radius 1 is 1.42 bits per heavy atom. The molecule has 102 valence electrons. The second kappa shape index (κ2) is 4.51. The summed E-state index contributed by atoms with van der Waals surface area (Å²) in [5, 5.41) is 9.85. The molecule has 19 heavy (non-hydrogen) atoms. The van der Waals surface area contributed by atoms with E-state index < -0.39 is 6.10 Å². The molecule has 2 unspecified atom stereocenters. The van der Waals surface area contributed by atoms with Crippen molar-refractivity contribution in [3.63, 3.8) is 0 Å². The second-order valence-electron chi connectivity index (χ2n) is 5.16. The number of aliphatic hydroxyl groups is 1. The monoisotopic (exact) mass is 262 g/mol. The fourth-order valence-corrected chi connectivity index (χ4v) is 2.78. The van der Waals surface area contributed by atoms with Crippen molar-refractivity contribution < 1.29 is 14.6 Å². The number of morpholine rings is 1. The summed E-state index contributed by atoms with van der Waals surface area (Å²) in [7, 11) is 1.70. The van der Waals surface area contributed by atoms with Gasteiger partial charge < -0.3 is 19.6 Å². The van der Waals surface area contributed by atoms with Crippen molar-refractivity contribution in [2.45, 2.75) is 19.1 Å². The molecule has 0 spiro atoms. The van der Waals surface area contributed by atoms with Crippen LogP contribution in [0.2, 0.25) is 0 Å². The minimum atomic E-state index is -1.02. The summed E-state index contributed by atoms with van der Waals surface area (Å²) in [4.78, 5) is 15.5. The van der Waals surface area contributed by atoms with Crippen molar-refractivity contribution in [3.05, 3.63) is 23.8 Å². The summed E-state index contributed by atoms with van der Waals surface area (Å²) in [6, 6.07) is 6.11. The van der Waals surface area contributed by atoms with Gasteiger partial charge >= 0.3 is 0 Å². The molecule has 3 rings (SSSR count). The van der Waals surface area contributed by atoms with Gasteiger partial charge in [-0.25, -0.2) is 0 Å². The summed E-state index contributed by atoms with van der Waals surface area (Å²) in [5.74, 6) is -0.262. The minimum Gasteiger partial charge on any atom is -0.378 e. The van der Waals surface area contributed by atoms with E-state index in [4.69, 9.17) is 4.74 Å². The lowest BCUT2D eigenvalue weighted by molar-refractivity contribution is -0.125. The van der Waals surface area contributed by atoms with Crippen LogP contribution in [0, 0.1) is 0 Å². The van der Waals surface area contributed by atoms with E-state index in [0.29, 0.717) is 18.2 Å². The fraction of sp³-hybridized carbons (Fsp3) is 0.500. The number of carbonyl (C=O) groups excluding carboxylic acids is 1. The lowest BCUT2D eigenvalue weighted by Crippen LogP contribution is -2.43. The molecule has 2 atom stereocenters. The van der Waals surface area contributed by atoms with Gasteiger partial charge in [-0.3, -0.25) is 4.79 Å². The first-order chi connectivity index (χ1) is 9.09. The number of likely N-dealkylation sites (N-methyl/N-ethyl adjacent to an activating group) is 1. The number of carbonyl (C=O) groups is 1. The zero-order valence-electron chi connectivity index (χ0n) is 11.2. The Hall–Kier alpha value is -1.59. The van der Waals surface area contributed by atoms with Crippen LogP contribution in [-0.4, -0.2) is 43.9 Å². The van der Waals surface area contributed by atoms with Crippen LogP contribution in [0.4, 0.5) is 11.4 Å². The zero-order chi connectivity index (χ0) is 13.6. The summed E-state index contributed by atoms with van der Waals surface area (Å²) in [5.41, 5.74) is 2.56. The van der Waals surface area contributed by atoms with Crippen molar-refractivity contribution in [1.82, 2.24) is 0 Å². The van der Waals surface area contributed by atoms with Crippen LogP contribution in [0.3, 0.4) is 0 Å². The van der Waals surface area contributed by atoms with Crippen LogP contribution in [-0.2, 0) is 9.53 Å². The molecule has 0 aromatic heterocycles. The van der Waals surface area contributed by atoms with Crippen LogP contribution < -0.4 is 9.80 Å². The van der Waals surface area contributed by atoms with Gasteiger partial charge in [-0.15, -0.1) is 0 Å². The van der Waals surface area contributed by atoms with Crippen molar-refractivity contribution in [1.29, 1.82) is 0 Å². The van der Waals surface area contributed by atoms with Gasteiger partial charge in [0.25, 0.3) is 5.91 Å². The van der Waals surface area contributed by atoms with Crippen LogP contribution in [0.1, 0.15) is 18.6 Å². The van der Waals surface area contributed by atoms with E-state index in [1.54, 1.807) is 7.05 Å². The molecule has 5 heteroatoms. The maximum atomic E-state index is 11.8. The standard InChI is InChI=1S/C14H18N2O3/c1-9-8-19-6-5-16(9)10-3-4-11-12(7-10)15(2)14(18)13(11)17/h3-4,7,9,13,17H,5-6,8H2,1-2H3.